The van der Waals surface area contributed by atoms with Crippen LogP contribution in [-0.2, 0) is 4.74 Å². The standard InChI is InChI=1S/C23H16FNO4/c1-28-22-11-10-15(12-20(22)24)21(26)14-29-23(27)19-9-5-4-8-18(19)17-7-3-2-6-16(17)13-25/h2-12H,14H2,1H3. The third kappa shape index (κ3) is 4.30. The van der Waals surface area contributed by atoms with Crippen LogP contribution >= 0.6 is 0 Å². The molecule has 5 nitrogen and oxygen atoms in total. The van der Waals surface area contributed by atoms with Gasteiger partial charge in [0.05, 0.1) is 24.3 Å². The molecule has 3 aromatic carbocycles. The van der Waals surface area contributed by atoms with Gasteiger partial charge in [0.1, 0.15) is 0 Å². The Bertz CT molecular complexity index is 1120. The minimum absolute atomic E-state index is 0.0173. The Kier molecular flexibility index (Phi) is 6.00. The Morgan fingerprint density at radius 3 is 2.38 bits per heavy atom. The van der Waals surface area contributed by atoms with Gasteiger partial charge in [0, 0.05) is 11.1 Å². The fourth-order valence-corrected chi connectivity index (χ4v) is 2.84. The molecule has 0 saturated heterocycles. The number of hydrogen-bond donors (Lipinski definition) is 0. The summed E-state index contributed by atoms with van der Waals surface area (Å²) in [7, 11) is 1.32. The molecule has 6 heteroatoms. The van der Waals surface area contributed by atoms with Crippen molar-refractivity contribution in [1.82, 2.24) is 0 Å². The third-order valence-corrected chi connectivity index (χ3v) is 4.29. The van der Waals surface area contributed by atoms with Gasteiger partial charge in [-0.15, -0.1) is 0 Å². The number of nitriles is 1. The summed E-state index contributed by atoms with van der Waals surface area (Å²) in [5.74, 6) is -1.92. The number of halogens is 1. The lowest BCUT2D eigenvalue weighted by molar-refractivity contribution is 0.0475. The van der Waals surface area contributed by atoms with E-state index in [1.807, 2.05) is 0 Å². The number of Topliss-reactive ketones (excluding diaryl/α,β-unsaturated/α-hetero) is 1. The minimum atomic E-state index is -0.712. The predicted octanol–water partition coefficient (Wildman–Crippen LogP) is 4.41. The summed E-state index contributed by atoms with van der Waals surface area (Å²) in [6.45, 7) is -0.543. The van der Waals surface area contributed by atoms with Crippen LogP contribution < -0.4 is 4.74 Å². The molecule has 0 unspecified atom stereocenters. The van der Waals surface area contributed by atoms with Crippen LogP contribution in [0, 0.1) is 17.1 Å². The van der Waals surface area contributed by atoms with Gasteiger partial charge in [-0.25, -0.2) is 9.18 Å². The van der Waals surface area contributed by atoms with Gasteiger partial charge in [-0.1, -0.05) is 36.4 Å². The number of ketones is 1. The number of benzene rings is 3. The van der Waals surface area contributed by atoms with Crippen LogP contribution in [0.15, 0.2) is 66.7 Å². The monoisotopic (exact) mass is 389 g/mol. The second-order valence-corrected chi connectivity index (χ2v) is 6.05. The molecule has 3 aromatic rings. The van der Waals surface area contributed by atoms with E-state index >= 15 is 0 Å². The van der Waals surface area contributed by atoms with Crippen molar-refractivity contribution in [3.63, 3.8) is 0 Å². The molecule has 29 heavy (non-hydrogen) atoms. The molecule has 3 rings (SSSR count). The van der Waals surface area contributed by atoms with Gasteiger partial charge in [-0.05, 0) is 35.9 Å². The zero-order valence-corrected chi connectivity index (χ0v) is 15.5. The number of esters is 1. The Morgan fingerprint density at radius 1 is 1.00 bits per heavy atom. The van der Waals surface area contributed by atoms with Crippen LogP contribution in [0.25, 0.3) is 11.1 Å². The Hall–Kier alpha value is -3.98. The normalized spacial score (nSPS) is 10.1. The van der Waals surface area contributed by atoms with Crippen LogP contribution in [0.3, 0.4) is 0 Å². The number of rotatable bonds is 6. The van der Waals surface area contributed by atoms with E-state index in [-0.39, 0.29) is 16.9 Å². The van der Waals surface area contributed by atoms with Crippen molar-refractivity contribution in [3.8, 4) is 22.9 Å². The highest BCUT2D eigenvalue weighted by Crippen LogP contribution is 2.27. The highest BCUT2D eigenvalue weighted by Gasteiger charge is 2.18. The van der Waals surface area contributed by atoms with E-state index in [9.17, 15) is 19.2 Å². The first-order valence-corrected chi connectivity index (χ1v) is 8.67. The molecule has 0 radical (unpaired) electrons. The molecule has 0 atom stereocenters. The smallest absolute Gasteiger partial charge is 0.339 e. The van der Waals surface area contributed by atoms with E-state index in [4.69, 9.17) is 9.47 Å². The Morgan fingerprint density at radius 2 is 1.69 bits per heavy atom. The fraction of sp³-hybridized carbons (Fsp3) is 0.0870. The lowest BCUT2D eigenvalue weighted by Crippen LogP contribution is -2.15. The lowest BCUT2D eigenvalue weighted by Gasteiger charge is -2.11. The zero-order chi connectivity index (χ0) is 20.8. The van der Waals surface area contributed by atoms with Crippen molar-refractivity contribution >= 4 is 11.8 Å². The Balaban J connectivity index is 1.79. The first kappa shape index (κ1) is 19.8. The molecule has 0 spiro atoms. The number of ether oxygens (including phenoxy) is 2. The van der Waals surface area contributed by atoms with Crippen LogP contribution in [0.1, 0.15) is 26.3 Å². The highest BCUT2D eigenvalue weighted by molar-refractivity contribution is 6.01. The predicted molar refractivity (Wildman–Crippen MR) is 104 cm³/mol. The Labute approximate surface area is 166 Å². The number of hydrogen-bond acceptors (Lipinski definition) is 5. The van der Waals surface area contributed by atoms with E-state index in [0.29, 0.717) is 16.7 Å². The van der Waals surface area contributed by atoms with Crippen LogP contribution in [0.4, 0.5) is 4.39 Å². The van der Waals surface area contributed by atoms with Crippen molar-refractivity contribution in [2.24, 2.45) is 0 Å². The van der Waals surface area contributed by atoms with Crippen LogP contribution in [-0.4, -0.2) is 25.5 Å². The molecule has 0 heterocycles. The van der Waals surface area contributed by atoms with Crippen molar-refractivity contribution in [2.75, 3.05) is 13.7 Å². The first-order valence-electron chi connectivity index (χ1n) is 8.67. The summed E-state index contributed by atoms with van der Waals surface area (Å²) >= 11 is 0. The number of nitrogens with zero attached hydrogens (tertiary/aromatic N) is 1. The van der Waals surface area contributed by atoms with Crippen molar-refractivity contribution in [2.45, 2.75) is 0 Å². The SMILES string of the molecule is COc1ccc(C(=O)COC(=O)c2ccccc2-c2ccccc2C#N)cc1F. The summed E-state index contributed by atoms with van der Waals surface area (Å²) in [5.41, 5.74) is 1.82. The van der Waals surface area contributed by atoms with Crippen LogP contribution in [0.5, 0.6) is 5.75 Å². The van der Waals surface area contributed by atoms with E-state index < -0.39 is 24.2 Å². The van der Waals surface area contributed by atoms with Crippen molar-refractivity contribution < 1.29 is 23.5 Å². The van der Waals surface area contributed by atoms with E-state index in [1.165, 1.54) is 19.2 Å². The van der Waals surface area contributed by atoms with E-state index in [0.717, 1.165) is 6.07 Å². The van der Waals surface area contributed by atoms with Crippen molar-refractivity contribution in [1.29, 1.82) is 5.26 Å². The zero-order valence-electron chi connectivity index (χ0n) is 15.5. The molecular weight excluding hydrogens is 373 g/mol. The lowest BCUT2D eigenvalue weighted by atomic mass is 9.96. The molecule has 0 aliphatic carbocycles. The maximum absolute atomic E-state index is 13.8. The first-order chi connectivity index (χ1) is 14.0. The van der Waals surface area contributed by atoms with E-state index in [1.54, 1.807) is 48.5 Å². The number of carbonyl (C=O) groups is 2. The molecule has 0 aliphatic heterocycles. The minimum Gasteiger partial charge on any atom is -0.494 e. The molecule has 0 N–H and O–H groups in total. The third-order valence-electron chi connectivity index (χ3n) is 4.29. The molecule has 0 fully saturated rings. The van der Waals surface area contributed by atoms with Gasteiger partial charge in [0.2, 0.25) is 0 Å². The van der Waals surface area contributed by atoms with Gasteiger partial charge < -0.3 is 9.47 Å². The van der Waals surface area contributed by atoms with Gasteiger partial charge in [0.15, 0.2) is 24.0 Å². The summed E-state index contributed by atoms with van der Waals surface area (Å²) in [6.07, 6.45) is 0. The molecule has 0 amide bonds. The average molecular weight is 389 g/mol. The molecule has 0 saturated carbocycles. The number of carbonyl (C=O) groups excluding carboxylic acids is 2. The largest absolute Gasteiger partial charge is 0.494 e. The quantitative estimate of drug-likeness (QED) is 0.461. The highest BCUT2D eigenvalue weighted by atomic mass is 19.1. The summed E-state index contributed by atoms with van der Waals surface area (Å²) in [6, 6.07) is 19.4. The molecule has 0 bridgehead atoms. The maximum atomic E-state index is 13.8. The second kappa shape index (κ2) is 8.81. The summed E-state index contributed by atoms with van der Waals surface area (Å²) < 4.78 is 23.7. The fourth-order valence-electron chi connectivity index (χ4n) is 2.84. The van der Waals surface area contributed by atoms with Gasteiger partial charge in [0.25, 0.3) is 0 Å². The molecule has 144 valence electrons. The van der Waals surface area contributed by atoms with Crippen LogP contribution in [0.2, 0.25) is 0 Å². The van der Waals surface area contributed by atoms with Gasteiger partial charge in [-0.2, -0.15) is 5.26 Å². The average Bonchev–Trinajstić information content (AvgIpc) is 2.77. The van der Waals surface area contributed by atoms with Crippen molar-refractivity contribution in [3.05, 3.63) is 89.2 Å². The van der Waals surface area contributed by atoms with Gasteiger partial charge in [-0.3, -0.25) is 4.79 Å². The molecular formula is C23H16FNO4. The molecule has 0 aliphatic rings. The second-order valence-electron chi connectivity index (χ2n) is 6.05. The summed E-state index contributed by atoms with van der Waals surface area (Å²) in [5, 5.41) is 9.32. The summed E-state index contributed by atoms with van der Waals surface area (Å²) in [4.78, 5) is 24.9. The van der Waals surface area contributed by atoms with E-state index in [2.05, 4.69) is 6.07 Å². The maximum Gasteiger partial charge on any atom is 0.339 e. The number of methoxy groups -OCH3 is 1. The van der Waals surface area contributed by atoms with Gasteiger partial charge >= 0.3 is 5.97 Å². The topological polar surface area (TPSA) is 76.4 Å². The molecule has 0 aromatic heterocycles.